The molecule has 0 spiro atoms. The minimum absolute atomic E-state index is 0.261. The number of rotatable bonds is 6. The number of nitrogens with one attached hydrogen (secondary N) is 2. The number of ether oxygens (including phenoxy) is 2. The lowest BCUT2D eigenvalue weighted by Gasteiger charge is -2.11. The molecule has 4 rings (SSSR count). The zero-order valence-corrected chi connectivity index (χ0v) is 19.0. The number of hydrogen-bond donors (Lipinski definition) is 2. The summed E-state index contributed by atoms with van der Waals surface area (Å²) < 4.78 is 12.4. The molecule has 0 fully saturated rings. The van der Waals surface area contributed by atoms with Crippen LogP contribution in [-0.2, 0) is 0 Å². The predicted molar refractivity (Wildman–Crippen MR) is 128 cm³/mol. The molecule has 8 nitrogen and oxygen atoms in total. The third kappa shape index (κ3) is 4.61. The fourth-order valence-corrected chi connectivity index (χ4v) is 3.52. The van der Waals surface area contributed by atoms with Crippen LogP contribution >= 0.6 is 0 Å². The van der Waals surface area contributed by atoms with Crippen LogP contribution in [0.4, 0.5) is 0 Å². The molecule has 2 N–H and O–H groups in total. The van der Waals surface area contributed by atoms with Crippen molar-refractivity contribution in [1.82, 2.24) is 20.6 Å². The number of hydrogen-bond acceptors (Lipinski definition) is 5. The fourth-order valence-electron chi connectivity index (χ4n) is 3.52. The van der Waals surface area contributed by atoms with E-state index >= 15 is 0 Å². The van der Waals surface area contributed by atoms with Crippen molar-refractivity contribution in [2.24, 2.45) is 0 Å². The molecule has 0 aliphatic rings. The van der Waals surface area contributed by atoms with Gasteiger partial charge in [0.05, 0.1) is 25.5 Å². The van der Waals surface area contributed by atoms with E-state index in [4.69, 9.17) is 9.47 Å². The van der Waals surface area contributed by atoms with Crippen LogP contribution in [0, 0.1) is 6.92 Å². The lowest BCUT2D eigenvalue weighted by atomic mass is 10.1. The van der Waals surface area contributed by atoms with Gasteiger partial charge >= 0.3 is 0 Å². The first-order chi connectivity index (χ1) is 16.5. The molecule has 0 bridgehead atoms. The van der Waals surface area contributed by atoms with Crippen molar-refractivity contribution in [3.63, 3.8) is 0 Å². The number of nitrogens with zero attached hydrogens (tertiary/aromatic N) is 2. The molecule has 34 heavy (non-hydrogen) atoms. The molecule has 0 unspecified atom stereocenters. The summed E-state index contributed by atoms with van der Waals surface area (Å²) in [5, 5.41) is 4.66. The second-order valence-electron chi connectivity index (χ2n) is 7.46. The van der Waals surface area contributed by atoms with Gasteiger partial charge in [0.1, 0.15) is 17.2 Å². The highest BCUT2D eigenvalue weighted by molar-refractivity contribution is 6.03. The summed E-state index contributed by atoms with van der Waals surface area (Å²) >= 11 is 0. The van der Waals surface area contributed by atoms with Gasteiger partial charge in [-0.25, -0.2) is 4.68 Å². The second-order valence-corrected chi connectivity index (χ2v) is 7.46. The molecule has 8 heteroatoms. The van der Waals surface area contributed by atoms with Gasteiger partial charge in [-0.1, -0.05) is 36.4 Å². The summed E-state index contributed by atoms with van der Waals surface area (Å²) in [5.41, 5.74) is 8.30. The largest absolute Gasteiger partial charge is 0.497 e. The van der Waals surface area contributed by atoms with Gasteiger partial charge in [-0.05, 0) is 42.8 Å². The first-order valence-corrected chi connectivity index (χ1v) is 10.6. The van der Waals surface area contributed by atoms with Crippen LogP contribution in [0.15, 0.2) is 79.0 Å². The van der Waals surface area contributed by atoms with Crippen molar-refractivity contribution in [1.29, 1.82) is 0 Å². The van der Waals surface area contributed by atoms with Crippen molar-refractivity contribution in [3.05, 3.63) is 95.7 Å². The number of carbonyl (C=O) groups is 2. The zero-order chi connectivity index (χ0) is 24.1. The van der Waals surface area contributed by atoms with Gasteiger partial charge in [-0.15, -0.1) is 0 Å². The minimum atomic E-state index is -0.517. The average molecular weight is 457 g/mol. The van der Waals surface area contributed by atoms with E-state index in [-0.39, 0.29) is 5.56 Å². The van der Waals surface area contributed by atoms with Crippen LogP contribution in [0.25, 0.3) is 16.9 Å². The van der Waals surface area contributed by atoms with E-state index in [1.54, 1.807) is 48.3 Å². The van der Waals surface area contributed by atoms with E-state index in [1.165, 1.54) is 7.11 Å². The Hall–Kier alpha value is -4.59. The number of hydrazine groups is 1. The summed E-state index contributed by atoms with van der Waals surface area (Å²) in [4.78, 5) is 25.8. The Bertz CT molecular complexity index is 1330. The van der Waals surface area contributed by atoms with Gasteiger partial charge in [-0.2, -0.15) is 5.10 Å². The van der Waals surface area contributed by atoms with Crippen molar-refractivity contribution < 1.29 is 19.1 Å². The third-order valence-corrected chi connectivity index (χ3v) is 5.32. The maximum atomic E-state index is 13.2. The first-order valence-electron chi connectivity index (χ1n) is 10.6. The Morgan fingerprint density at radius 1 is 0.824 bits per heavy atom. The highest BCUT2D eigenvalue weighted by Gasteiger charge is 2.22. The maximum Gasteiger partial charge on any atom is 0.273 e. The van der Waals surface area contributed by atoms with Gasteiger partial charge < -0.3 is 9.47 Å². The van der Waals surface area contributed by atoms with E-state index in [0.29, 0.717) is 28.3 Å². The molecular formula is C26H24N4O4. The molecule has 1 aromatic heterocycles. The lowest BCUT2D eigenvalue weighted by molar-refractivity contribution is 0.0846. The minimum Gasteiger partial charge on any atom is -0.497 e. The van der Waals surface area contributed by atoms with Gasteiger partial charge in [0, 0.05) is 23.4 Å². The molecule has 0 aliphatic carbocycles. The van der Waals surface area contributed by atoms with Crippen molar-refractivity contribution >= 4 is 11.8 Å². The Balaban J connectivity index is 1.70. The molecule has 0 aliphatic heterocycles. The highest BCUT2D eigenvalue weighted by atomic mass is 16.5. The molecule has 1 heterocycles. The SMILES string of the molecule is COc1ccc(-c2nn(-c3ccccc3)cc2C(=O)NNC(=O)c2ccccc2C)c(OC)c1. The van der Waals surface area contributed by atoms with Crippen LogP contribution < -0.4 is 20.3 Å². The Morgan fingerprint density at radius 2 is 1.50 bits per heavy atom. The standard InChI is InChI=1S/C26H24N4O4/c1-17-9-7-8-12-20(17)25(31)27-28-26(32)22-16-30(18-10-5-4-6-11-18)29-24(22)21-14-13-19(33-2)15-23(21)34-3/h4-16H,1-3H3,(H,27,31)(H,28,32). The van der Waals surface area contributed by atoms with Crippen LogP contribution in [0.3, 0.4) is 0 Å². The lowest BCUT2D eigenvalue weighted by Crippen LogP contribution is -2.41. The molecule has 0 saturated heterocycles. The predicted octanol–water partition coefficient (Wildman–Crippen LogP) is 3.94. The second kappa shape index (κ2) is 9.91. The smallest absolute Gasteiger partial charge is 0.273 e. The van der Waals surface area contributed by atoms with E-state index in [9.17, 15) is 9.59 Å². The average Bonchev–Trinajstić information content (AvgIpc) is 3.33. The van der Waals surface area contributed by atoms with E-state index in [2.05, 4.69) is 16.0 Å². The summed E-state index contributed by atoms with van der Waals surface area (Å²) in [5.74, 6) is 0.178. The van der Waals surface area contributed by atoms with Crippen LogP contribution in [0.5, 0.6) is 11.5 Å². The van der Waals surface area contributed by atoms with E-state index in [0.717, 1.165) is 11.3 Å². The van der Waals surface area contributed by atoms with Crippen LogP contribution in [0.2, 0.25) is 0 Å². The monoisotopic (exact) mass is 456 g/mol. The third-order valence-electron chi connectivity index (χ3n) is 5.32. The molecule has 0 saturated carbocycles. The molecule has 172 valence electrons. The molecule has 0 radical (unpaired) electrons. The summed E-state index contributed by atoms with van der Waals surface area (Å²) in [6.07, 6.45) is 1.61. The topological polar surface area (TPSA) is 94.5 Å². The maximum absolute atomic E-state index is 13.2. The molecule has 2 amide bonds. The summed E-state index contributed by atoms with van der Waals surface area (Å²) in [6.45, 7) is 1.83. The Morgan fingerprint density at radius 3 is 2.18 bits per heavy atom. The number of aromatic nitrogens is 2. The number of benzene rings is 3. The number of carbonyl (C=O) groups excluding carboxylic acids is 2. The van der Waals surface area contributed by atoms with Gasteiger partial charge in [0.15, 0.2) is 0 Å². The normalized spacial score (nSPS) is 10.4. The molecule has 4 aromatic rings. The van der Waals surface area contributed by atoms with Crippen molar-refractivity contribution in [2.75, 3.05) is 14.2 Å². The van der Waals surface area contributed by atoms with Crippen molar-refractivity contribution in [3.8, 4) is 28.4 Å². The van der Waals surface area contributed by atoms with E-state index in [1.807, 2.05) is 49.4 Å². The first kappa shape index (κ1) is 22.6. The van der Waals surface area contributed by atoms with Crippen LogP contribution in [-0.4, -0.2) is 35.8 Å². The zero-order valence-electron chi connectivity index (χ0n) is 19.0. The Kier molecular flexibility index (Phi) is 6.59. The quantitative estimate of drug-likeness (QED) is 0.429. The molecule has 0 atom stereocenters. The number of amides is 2. The highest BCUT2D eigenvalue weighted by Crippen LogP contribution is 2.34. The number of para-hydroxylation sites is 1. The molecule has 3 aromatic carbocycles. The number of aryl methyl sites for hydroxylation is 1. The summed E-state index contributed by atoms with van der Waals surface area (Å²) in [6, 6.07) is 21.8. The van der Waals surface area contributed by atoms with E-state index < -0.39 is 11.8 Å². The van der Waals surface area contributed by atoms with Crippen molar-refractivity contribution in [2.45, 2.75) is 6.92 Å². The Labute approximate surface area is 197 Å². The fraction of sp³-hybridized carbons (Fsp3) is 0.115. The van der Waals surface area contributed by atoms with Gasteiger partial charge in [-0.3, -0.25) is 20.4 Å². The van der Waals surface area contributed by atoms with Gasteiger partial charge in [0.2, 0.25) is 0 Å². The number of methoxy groups -OCH3 is 2. The van der Waals surface area contributed by atoms with Crippen LogP contribution in [0.1, 0.15) is 26.3 Å². The summed E-state index contributed by atoms with van der Waals surface area (Å²) in [7, 11) is 3.10. The molecular weight excluding hydrogens is 432 g/mol. The van der Waals surface area contributed by atoms with Gasteiger partial charge in [0.25, 0.3) is 11.8 Å².